The highest BCUT2D eigenvalue weighted by Gasteiger charge is 2.08. The van der Waals surface area contributed by atoms with E-state index >= 15 is 0 Å². The molecular formula is C19H21Cl2NO2. The van der Waals surface area contributed by atoms with Gasteiger partial charge >= 0.3 is 0 Å². The molecule has 0 aliphatic rings. The maximum Gasteiger partial charge on any atom is 0.220 e. The van der Waals surface area contributed by atoms with E-state index in [1.807, 2.05) is 18.2 Å². The van der Waals surface area contributed by atoms with Gasteiger partial charge in [-0.1, -0.05) is 41.4 Å². The van der Waals surface area contributed by atoms with Crippen LogP contribution in [-0.4, -0.2) is 19.6 Å². The minimum atomic E-state index is 0.0108. The average molecular weight is 366 g/mol. The summed E-state index contributed by atoms with van der Waals surface area (Å²) in [6.45, 7) is 0.645. The number of ether oxygens (including phenoxy) is 1. The monoisotopic (exact) mass is 365 g/mol. The van der Waals surface area contributed by atoms with Gasteiger partial charge in [0.1, 0.15) is 5.75 Å². The molecule has 0 atom stereocenters. The third-order valence-corrected chi connectivity index (χ3v) is 4.47. The number of carbonyl (C=O) groups excluding carboxylic acids is 1. The van der Waals surface area contributed by atoms with Gasteiger partial charge in [0.05, 0.1) is 7.11 Å². The van der Waals surface area contributed by atoms with Gasteiger partial charge in [-0.05, 0) is 54.7 Å². The van der Waals surface area contributed by atoms with Gasteiger partial charge in [0.15, 0.2) is 0 Å². The van der Waals surface area contributed by atoms with E-state index in [9.17, 15) is 4.79 Å². The molecule has 5 heteroatoms. The third kappa shape index (κ3) is 5.73. The normalized spacial score (nSPS) is 10.5. The highest BCUT2D eigenvalue weighted by molar-refractivity contribution is 6.36. The van der Waals surface area contributed by atoms with Gasteiger partial charge in [-0.3, -0.25) is 4.79 Å². The molecule has 2 aromatic rings. The molecule has 2 rings (SSSR count). The van der Waals surface area contributed by atoms with Crippen LogP contribution < -0.4 is 10.1 Å². The second-order valence-electron chi connectivity index (χ2n) is 5.51. The molecule has 0 heterocycles. The largest absolute Gasteiger partial charge is 0.497 e. The molecule has 0 radical (unpaired) electrons. The predicted octanol–water partition coefficient (Wildman–Crippen LogP) is 4.68. The third-order valence-electron chi connectivity index (χ3n) is 3.76. The number of amides is 1. The maximum absolute atomic E-state index is 11.9. The quantitative estimate of drug-likeness (QED) is 0.689. The average Bonchev–Trinajstić information content (AvgIpc) is 2.58. The lowest BCUT2D eigenvalue weighted by atomic mass is 10.1. The first-order valence-corrected chi connectivity index (χ1v) is 8.68. The molecule has 0 aliphatic heterocycles. The Labute approximate surface area is 152 Å². The number of carbonyl (C=O) groups is 1. The minimum absolute atomic E-state index is 0.0108. The second kappa shape index (κ2) is 9.55. The number of aryl methyl sites for hydroxylation is 1. The van der Waals surface area contributed by atoms with Crippen LogP contribution in [0.3, 0.4) is 0 Å². The molecule has 0 aromatic heterocycles. The molecule has 0 spiro atoms. The van der Waals surface area contributed by atoms with E-state index in [4.69, 9.17) is 27.9 Å². The van der Waals surface area contributed by atoms with E-state index in [2.05, 4.69) is 11.4 Å². The molecule has 0 fully saturated rings. The van der Waals surface area contributed by atoms with Crippen LogP contribution in [-0.2, 0) is 17.6 Å². The molecule has 0 bridgehead atoms. The molecule has 0 saturated heterocycles. The van der Waals surface area contributed by atoms with Crippen LogP contribution in [0.5, 0.6) is 5.75 Å². The van der Waals surface area contributed by atoms with Gasteiger partial charge in [-0.25, -0.2) is 0 Å². The first-order chi connectivity index (χ1) is 11.6. The molecule has 128 valence electrons. The Bertz CT molecular complexity index is 669. The van der Waals surface area contributed by atoms with Crippen LogP contribution in [0.1, 0.15) is 24.0 Å². The van der Waals surface area contributed by atoms with Crippen LogP contribution in [0.4, 0.5) is 0 Å². The van der Waals surface area contributed by atoms with Gasteiger partial charge in [0, 0.05) is 23.0 Å². The molecule has 0 unspecified atom stereocenters. The summed E-state index contributed by atoms with van der Waals surface area (Å²) >= 11 is 12.2. The SMILES string of the molecule is COc1cccc(CCCNC(=O)CCc2c(Cl)cccc2Cl)c1. The van der Waals surface area contributed by atoms with Crippen molar-refractivity contribution in [1.29, 1.82) is 0 Å². The second-order valence-corrected chi connectivity index (χ2v) is 6.32. The fourth-order valence-electron chi connectivity index (χ4n) is 2.45. The van der Waals surface area contributed by atoms with Crippen LogP contribution in [0.2, 0.25) is 10.0 Å². The zero-order valence-corrected chi connectivity index (χ0v) is 15.2. The summed E-state index contributed by atoms with van der Waals surface area (Å²) in [7, 11) is 1.66. The van der Waals surface area contributed by atoms with Crippen molar-refractivity contribution in [2.45, 2.75) is 25.7 Å². The molecular weight excluding hydrogens is 345 g/mol. The van der Waals surface area contributed by atoms with Crippen molar-refractivity contribution in [3.8, 4) is 5.75 Å². The summed E-state index contributed by atoms with van der Waals surface area (Å²) in [5, 5.41) is 4.14. The Kier molecular flexibility index (Phi) is 7.41. The lowest BCUT2D eigenvalue weighted by Crippen LogP contribution is -2.25. The minimum Gasteiger partial charge on any atom is -0.497 e. The van der Waals surface area contributed by atoms with Crippen molar-refractivity contribution in [3.63, 3.8) is 0 Å². The van der Waals surface area contributed by atoms with E-state index < -0.39 is 0 Å². The smallest absolute Gasteiger partial charge is 0.220 e. The van der Waals surface area contributed by atoms with Crippen LogP contribution in [0, 0.1) is 0 Å². The zero-order chi connectivity index (χ0) is 17.4. The van der Waals surface area contributed by atoms with E-state index in [1.54, 1.807) is 25.3 Å². The van der Waals surface area contributed by atoms with E-state index in [-0.39, 0.29) is 5.91 Å². The van der Waals surface area contributed by atoms with Crippen LogP contribution in [0.25, 0.3) is 0 Å². The molecule has 3 nitrogen and oxygen atoms in total. The van der Waals surface area contributed by atoms with Crippen molar-refractivity contribution < 1.29 is 9.53 Å². The van der Waals surface area contributed by atoms with Crippen molar-refractivity contribution in [2.75, 3.05) is 13.7 Å². The van der Waals surface area contributed by atoms with Gasteiger partial charge in [-0.2, -0.15) is 0 Å². The van der Waals surface area contributed by atoms with Gasteiger partial charge < -0.3 is 10.1 Å². The summed E-state index contributed by atoms with van der Waals surface area (Å²) in [6.07, 6.45) is 2.70. The summed E-state index contributed by atoms with van der Waals surface area (Å²) in [6, 6.07) is 13.3. The number of halogens is 2. The Morgan fingerprint density at radius 3 is 2.50 bits per heavy atom. The topological polar surface area (TPSA) is 38.3 Å². The molecule has 1 amide bonds. The van der Waals surface area contributed by atoms with E-state index in [1.165, 1.54) is 5.56 Å². The van der Waals surface area contributed by atoms with Gasteiger partial charge in [0.25, 0.3) is 0 Å². The van der Waals surface area contributed by atoms with Crippen molar-refractivity contribution in [2.24, 2.45) is 0 Å². The van der Waals surface area contributed by atoms with Crippen molar-refractivity contribution in [1.82, 2.24) is 5.32 Å². The maximum atomic E-state index is 11.9. The fraction of sp³-hybridized carbons (Fsp3) is 0.316. The lowest BCUT2D eigenvalue weighted by Gasteiger charge is -2.08. The summed E-state index contributed by atoms with van der Waals surface area (Å²) < 4.78 is 5.20. The number of hydrogen-bond donors (Lipinski definition) is 1. The fourth-order valence-corrected chi connectivity index (χ4v) is 3.03. The van der Waals surface area contributed by atoms with Crippen LogP contribution in [0.15, 0.2) is 42.5 Å². The predicted molar refractivity (Wildman–Crippen MR) is 99.1 cm³/mol. The van der Waals surface area contributed by atoms with E-state index in [0.717, 1.165) is 24.2 Å². The number of rotatable bonds is 8. The van der Waals surface area contributed by atoms with Crippen molar-refractivity contribution in [3.05, 3.63) is 63.6 Å². The summed E-state index contributed by atoms with van der Waals surface area (Å²) in [5.41, 5.74) is 2.03. The first kappa shape index (κ1) is 18.6. The molecule has 0 saturated carbocycles. The van der Waals surface area contributed by atoms with E-state index in [0.29, 0.717) is 29.4 Å². The Balaban J connectivity index is 1.70. The molecule has 2 aromatic carbocycles. The lowest BCUT2D eigenvalue weighted by molar-refractivity contribution is -0.121. The molecule has 0 aliphatic carbocycles. The highest BCUT2D eigenvalue weighted by atomic mass is 35.5. The molecule has 24 heavy (non-hydrogen) atoms. The first-order valence-electron chi connectivity index (χ1n) is 7.92. The van der Waals surface area contributed by atoms with Crippen LogP contribution >= 0.6 is 23.2 Å². The van der Waals surface area contributed by atoms with Crippen molar-refractivity contribution >= 4 is 29.1 Å². The highest BCUT2D eigenvalue weighted by Crippen LogP contribution is 2.25. The zero-order valence-electron chi connectivity index (χ0n) is 13.6. The summed E-state index contributed by atoms with van der Waals surface area (Å²) in [5.74, 6) is 0.866. The van der Waals surface area contributed by atoms with Gasteiger partial charge in [-0.15, -0.1) is 0 Å². The number of benzene rings is 2. The number of hydrogen-bond acceptors (Lipinski definition) is 2. The van der Waals surface area contributed by atoms with Gasteiger partial charge in [0.2, 0.25) is 5.91 Å². The Morgan fingerprint density at radius 2 is 1.79 bits per heavy atom. The standard InChI is InChI=1S/C19H21Cl2NO2/c1-24-15-7-2-5-14(13-15)6-4-12-22-19(23)11-10-16-17(20)8-3-9-18(16)21/h2-3,5,7-9,13H,4,6,10-12H2,1H3,(H,22,23). The number of methoxy groups -OCH3 is 1. The Hall–Kier alpha value is -1.71. The summed E-state index contributed by atoms with van der Waals surface area (Å²) in [4.78, 5) is 11.9. The molecule has 1 N–H and O–H groups in total. The Morgan fingerprint density at radius 1 is 1.08 bits per heavy atom. The number of nitrogens with one attached hydrogen (secondary N) is 1.